The Morgan fingerprint density at radius 2 is 1.79 bits per heavy atom. The van der Waals surface area contributed by atoms with Gasteiger partial charge in [-0.05, 0) is 6.42 Å². The van der Waals surface area contributed by atoms with Crippen molar-refractivity contribution in [2.75, 3.05) is 18.6 Å². The van der Waals surface area contributed by atoms with Crippen LogP contribution < -0.4 is 10.6 Å². The third-order valence-electron chi connectivity index (χ3n) is 2.01. The van der Waals surface area contributed by atoms with Gasteiger partial charge in [0.05, 0.1) is 5.75 Å². The van der Waals surface area contributed by atoms with Crippen LogP contribution in [0.5, 0.6) is 0 Å². The summed E-state index contributed by atoms with van der Waals surface area (Å²) < 4.78 is 21.6. The lowest BCUT2D eigenvalue weighted by Crippen LogP contribution is -2.47. The van der Waals surface area contributed by atoms with Gasteiger partial charge in [0.1, 0.15) is 15.9 Å². The van der Waals surface area contributed by atoms with Crippen molar-refractivity contribution in [2.45, 2.75) is 18.9 Å². The molecule has 0 aromatic rings. The average molecular weight is 296 g/mol. The lowest BCUT2D eigenvalue weighted by Gasteiger charge is -2.14. The number of sulfone groups is 1. The quantitative estimate of drug-likeness (QED) is 0.432. The molecule has 0 saturated carbocycles. The predicted molar refractivity (Wildman–Crippen MR) is 64.5 cm³/mol. The van der Waals surface area contributed by atoms with E-state index in [1.165, 1.54) is 0 Å². The molecule has 0 spiro atoms. The summed E-state index contributed by atoms with van der Waals surface area (Å²) in [7, 11) is -3.22. The monoisotopic (exact) mass is 296 g/mol. The number of carboxylic acids is 2. The van der Waals surface area contributed by atoms with Gasteiger partial charge in [-0.3, -0.25) is 4.79 Å². The van der Waals surface area contributed by atoms with Crippen LogP contribution >= 0.6 is 0 Å². The Hall–Kier alpha value is -1.84. The van der Waals surface area contributed by atoms with Crippen LogP contribution in [0.4, 0.5) is 4.79 Å². The first-order valence-corrected chi connectivity index (χ1v) is 7.34. The van der Waals surface area contributed by atoms with Gasteiger partial charge in [-0.15, -0.1) is 0 Å². The summed E-state index contributed by atoms with van der Waals surface area (Å²) in [4.78, 5) is 32.3. The van der Waals surface area contributed by atoms with E-state index >= 15 is 0 Å². The molecule has 0 aliphatic heterocycles. The smallest absolute Gasteiger partial charge is 0.326 e. The molecule has 0 aromatic heterocycles. The number of amides is 2. The first-order valence-electron chi connectivity index (χ1n) is 5.28. The highest BCUT2D eigenvalue weighted by Gasteiger charge is 2.20. The standard InChI is InChI=1S/C9H16N2O7S/c1-19(17,18)5-4-10-9(16)11-6(8(14)15)2-3-7(12)13/h6H,2-5H2,1H3,(H,12,13)(H,14,15)(H2,10,11,16). The molecule has 0 aliphatic carbocycles. The van der Waals surface area contributed by atoms with Crippen molar-refractivity contribution < 1.29 is 33.0 Å². The van der Waals surface area contributed by atoms with E-state index in [0.29, 0.717) is 0 Å². The Labute approximate surface area is 109 Å². The summed E-state index contributed by atoms with van der Waals surface area (Å²) in [6.07, 6.45) is 0.338. The number of rotatable bonds is 8. The maximum atomic E-state index is 11.3. The van der Waals surface area contributed by atoms with Crippen LogP contribution in [0.15, 0.2) is 0 Å². The molecule has 10 heteroatoms. The van der Waals surface area contributed by atoms with Crippen LogP contribution in [0.2, 0.25) is 0 Å². The molecule has 110 valence electrons. The minimum atomic E-state index is -3.22. The first kappa shape index (κ1) is 17.2. The Balaban J connectivity index is 4.17. The van der Waals surface area contributed by atoms with E-state index in [1.54, 1.807) is 0 Å². The number of carbonyl (C=O) groups excluding carboxylic acids is 1. The van der Waals surface area contributed by atoms with E-state index in [4.69, 9.17) is 10.2 Å². The summed E-state index contributed by atoms with van der Waals surface area (Å²) in [6.45, 7) is -0.157. The van der Waals surface area contributed by atoms with E-state index in [9.17, 15) is 22.8 Å². The normalized spacial score (nSPS) is 12.5. The summed E-state index contributed by atoms with van der Waals surface area (Å²) in [5.74, 6) is -2.81. The number of carboxylic acid groups (broad SMARTS) is 2. The van der Waals surface area contributed by atoms with Crippen LogP contribution in [-0.2, 0) is 19.4 Å². The molecular formula is C9H16N2O7S. The van der Waals surface area contributed by atoms with Crippen molar-refractivity contribution in [3.05, 3.63) is 0 Å². The van der Waals surface area contributed by atoms with Gasteiger partial charge in [0, 0.05) is 19.2 Å². The maximum absolute atomic E-state index is 11.3. The molecule has 9 nitrogen and oxygen atoms in total. The van der Waals surface area contributed by atoms with Crippen molar-refractivity contribution in [3.63, 3.8) is 0 Å². The molecule has 0 bridgehead atoms. The van der Waals surface area contributed by atoms with Crippen LogP contribution in [-0.4, -0.2) is 61.2 Å². The van der Waals surface area contributed by atoms with E-state index in [0.717, 1.165) is 6.26 Å². The molecule has 0 heterocycles. The molecule has 1 atom stereocenters. The van der Waals surface area contributed by atoms with Gasteiger partial charge < -0.3 is 20.8 Å². The van der Waals surface area contributed by atoms with Crippen molar-refractivity contribution in [1.82, 2.24) is 10.6 Å². The molecule has 4 N–H and O–H groups in total. The molecule has 0 radical (unpaired) electrons. The zero-order valence-electron chi connectivity index (χ0n) is 10.2. The topological polar surface area (TPSA) is 150 Å². The van der Waals surface area contributed by atoms with E-state index < -0.39 is 40.3 Å². The number of hydrogen-bond acceptors (Lipinski definition) is 5. The molecule has 0 rings (SSSR count). The zero-order valence-corrected chi connectivity index (χ0v) is 11.1. The van der Waals surface area contributed by atoms with Crippen molar-refractivity contribution in [3.8, 4) is 0 Å². The molecule has 2 amide bonds. The predicted octanol–water partition coefficient (Wildman–Crippen LogP) is -1.35. The van der Waals surface area contributed by atoms with Gasteiger partial charge in [0.15, 0.2) is 0 Å². The number of carbonyl (C=O) groups is 3. The Kier molecular flexibility index (Phi) is 6.83. The molecule has 0 aliphatic rings. The van der Waals surface area contributed by atoms with Gasteiger partial charge in [-0.2, -0.15) is 0 Å². The summed E-state index contributed by atoms with van der Waals surface area (Å²) in [6, 6.07) is -2.20. The SMILES string of the molecule is CS(=O)(=O)CCNC(=O)NC(CCC(=O)O)C(=O)O. The molecule has 1 unspecified atom stereocenters. The minimum Gasteiger partial charge on any atom is -0.481 e. The number of urea groups is 1. The van der Waals surface area contributed by atoms with Crippen LogP contribution in [0, 0.1) is 0 Å². The molecule has 19 heavy (non-hydrogen) atoms. The fourth-order valence-electron chi connectivity index (χ4n) is 1.08. The highest BCUT2D eigenvalue weighted by atomic mass is 32.2. The van der Waals surface area contributed by atoms with Crippen molar-refractivity contribution >= 4 is 27.8 Å². The van der Waals surface area contributed by atoms with E-state index in [1.807, 2.05) is 0 Å². The molecule has 0 saturated heterocycles. The second-order valence-electron chi connectivity index (χ2n) is 3.85. The third-order valence-corrected chi connectivity index (χ3v) is 2.95. The number of aliphatic carboxylic acids is 2. The van der Waals surface area contributed by atoms with E-state index in [-0.39, 0.29) is 18.7 Å². The number of hydrogen-bond donors (Lipinski definition) is 4. The van der Waals surface area contributed by atoms with Crippen LogP contribution in [0.3, 0.4) is 0 Å². The lowest BCUT2D eigenvalue weighted by molar-refractivity contribution is -0.140. The Morgan fingerprint density at radius 3 is 2.21 bits per heavy atom. The summed E-state index contributed by atoms with van der Waals surface area (Å²) >= 11 is 0. The molecule has 0 aromatic carbocycles. The first-order chi connectivity index (χ1) is 8.61. The van der Waals surface area contributed by atoms with Gasteiger partial charge >= 0.3 is 18.0 Å². The molecule has 0 fully saturated rings. The van der Waals surface area contributed by atoms with Crippen LogP contribution in [0.25, 0.3) is 0 Å². The fraction of sp³-hybridized carbons (Fsp3) is 0.667. The van der Waals surface area contributed by atoms with Crippen molar-refractivity contribution in [2.24, 2.45) is 0 Å². The van der Waals surface area contributed by atoms with Gasteiger partial charge in [-0.25, -0.2) is 18.0 Å². The summed E-state index contributed by atoms with van der Waals surface area (Å²) in [5, 5.41) is 21.4. The Bertz CT molecular complexity index is 445. The lowest BCUT2D eigenvalue weighted by atomic mass is 10.1. The minimum absolute atomic E-state index is 0.157. The number of nitrogens with one attached hydrogen (secondary N) is 2. The van der Waals surface area contributed by atoms with Gasteiger partial charge in [0.2, 0.25) is 0 Å². The Morgan fingerprint density at radius 1 is 1.21 bits per heavy atom. The second kappa shape index (κ2) is 7.56. The largest absolute Gasteiger partial charge is 0.481 e. The zero-order chi connectivity index (χ0) is 15.1. The third kappa shape index (κ3) is 9.83. The molecular weight excluding hydrogens is 280 g/mol. The fourth-order valence-corrected chi connectivity index (χ4v) is 1.56. The average Bonchev–Trinajstić information content (AvgIpc) is 2.21. The van der Waals surface area contributed by atoms with E-state index in [2.05, 4.69) is 10.6 Å². The van der Waals surface area contributed by atoms with Crippen molar-refractivity contribution in [1.29, 1.82) is 0 Å². The summed E-state index contributed by atoms with van der Waals surface area (Å²) in [5.41, 5.74) is 0. The van der Waals surface area contributed by atoms with Crippen LogP contribution in [0.1, 0.15) is 12.8 Å². The highest BCUT2D eigenvalue weighted by molar-refractivity contribution is 7.90. The maximum Gasteiger partial charge on any atom is 0.326 e. The highest BCUT2D eigenvalue weighted by Crippen LogP contribution is 1.97. The van der Waals surface area contributed by atoms with Gasteiger partial charge in [0.25, 0.3) is 0 Å². The second-order valence-corrected chi connectivity index (χ2v) is 6.11. The van der Waals surface area contributed by atoms with Gasteiger partial charge in [-0.1, -0.05) is 0 Å².